The number of aromatic nitrogens is 3. The van der Waals surface area contributed by atoms with Crippen LogP contribution >= 0.6 is 23.1 Å². The topological polar surface area (TPSA) is 30.2 Å². The fourth-order valence-corrected chi connectivity index (χ4v) is 3.90. The van der Waals surface area contributed by atoms with Gasteiger partial charge < -0.3 is 0 Å². The van der Waals surface area contributed by atoms with Gasteiger partial charge in [0.2, 0.25) is 0 Å². The first-order valence-electron chi connectivity index (χ1n) is 7.05. The average Bonchev–Trinajstić information content (AvgIpc) is 3.23. The van der Waals surface area contributed by atoms with Crippen LogP contribution in [-0.2, 0) is 5.75 Å². The highest BCUT2D eigenvalue weighted by molar-refractivity contribution is 7.98. The maximum absolute atomic E-state index is 13.0. The van der Waals surface area contributed by atoms with E-state index in [0.29, 0.717) is 0 Å². The SMILES string of the molecule is Fc1ccc(CSc2nccn3nc(-c4cccs4)cc23)cc1. The molecule has 0 saturated carbocycles. The minimum atomic E-state index is -0.213. The summed E-state index contributed by atoms with van der Waals surface area (Å²) < 4.78 is 14.8. The van der Waals surface area contributed by atoms with E-state index in [1.165, 1.54) is 12.1 Å². The summed E-state index contributed by atoms with van der Waals surface area (Å²) in [5, 5.41) is 7.57. The molecule has 0 N–H and O–H groups in total. The van der Waals surface area contributed by atoms with E-state index in [-0.39, 0.29) is 5.82 Å². The molecule has 0 aliphatic heterocycles. The third kappa shape index (κ3) is 3.00. The molecule has 3 heterocycles. The minimum absolute atomic E-state index is 0.213. The van der Waals surface area contributed by atoms with Gasteiger partial charge in [-0.25, -0.2) is 13.9 Å². The van der Waals surface area contributed by atoms with Crippen molar-refractivity contribution in [1.82, 2.24) is 14.6 Å². The minimum Gasteiger partial charge on any atom is -0.246 e. The van der Waals surface area contributed by atoms with Crippen molar-refractivity contribution in [2.24, 2.45) is 0 Å². The number of hydrogen-bond acceptors (Lipinski definition) is 4. The highest BCUT2D eigenvalue weighted by atomic mass is 32.2. The molecule has 4 rings (SSSR count). The number of thiophene rings is 1. The Balaban J connectivity index is 1.63. The molecule has 0 fully saturated rings. The number of nitrogens with zero attached hydrogens (tertiary/aromatic N) is 3. The summed E-state index contributed by atoms with van der Waals surface area (Å²) in [6.45, 7) is 0. The highest BCUT2D eigenvalue weighted by Crippen LogP contribution is 2.29. The van der Waals surface area contributed by atoms with Crippen molar-refractivity contribution in [2.45, 2.75) is 10.8 Å². The first-order chi connectivity index (χ1) is 11.3. The first kappa shape index (κ1) is 14.4. The van der Waals surface area contributed by atoms with Crippen molar-refractivity contribution in [3.63, 3.8) is 0 Å². The fourth-order valence-electron chi connectivity index (χ4n) is 2.29. The molecular weight excluding hydrogens is 329 g/mol. The van der Waals surface area contributed by atoms with Crippen molar-refractivity contribution in [3.8, 4) is 10.6 Å². The van der Waals surface area contributed by atoms with Crippen LogP contribution in [0.1, 0.15) is 5.56 Å². The van der Waals surface area contributed by atoms with Crippen LogP contribution in [0.15, 0.2) is 65.3 Å². The predicted molar refractivity (Wildman–Crippen MR) is 92.3 cm³/mol. The molecule has 0 bridgehead atoms. The normalized spacial score (nSPS) is 11.2. The number of fused-ring (bicyclic) bond motifs is 1. The molecule has 0 aliphatic rings. The van der Waals surface area contributed by atoms with E-state index in [1.54, 1.807) is 41.4 Å². The summed E-state index contributed by atoms with van der Waals surface area (Å²) in [6.07, 6.45) is 3.61. The van der Waals surface area contributed by atoms with Crippen LogP contribution in [0.25, 0.3) is 16.1 Å². The van der Waals surface area contributed by atoms with Gasteiger partial charge in [0.15, 0.2) is 0 Å². The van der Waals surface area contributed by atoms with Crippen LogP contribution in [0.3, 0.4) is 0 Å². The van der Waals surface area contributed by atoms with Crippen molar-refractivity contribution in [2.75, 3.05) is 0 Å². The molecule has 0 saturated heterocycles. The third-order valence-corrected chi connectivity index (χ3v) is 5.37. The molecule has 114 valence electrons. The molecule has 3 nitrogen and oxygen atoms in total. The molecule has 23 heavy (non-hydrogen) atoms. The molecule has 3 aromatic heterocycles. The Morgan fingerprint density at radius 3 is 2.83 bits per heavy atom. The highest BCUT2D eigenvalue weighted by Gasteiger charge is 2.10. The van der Waals surface area contributed by atoms with Gasteiger partial charge in [-0.05, 0) is 35.2 Å². The summed E-state index contributed by atoms with van der Waals surface area (Å²) in [5.74, 6) is 0.530. The number of rotatable bonds is 4. The molecule has 6 heteroatoms. The van der Waals surface area contributed by atoms with E-state index >= 15 is 0 Å². The summed E-state index contributed by atoms with van der Waals surface area (Å²) in [7, 11) is 0. The zero-order valence-electron chi connectivity index (χ0n) is 12.0. The Kier molecular flexibility index (Phi) is 3.85. The van der Waals surface area contributed by atoms with Gasteiger partial charge in [-0.15, -0.1) is 11.3 Å². The van der Waals surface area contributed by atoms with Gasteiger partial charge >= 0.3 is 0 Å². The zero-order valence-corrected chi connectivity index (χ0v) is 13.6. The largest absolute Gasteiger partial charge is 0.246 e. The Hall–Kier alpha value is -2.18. The second-order valence-electron chi connectivity index (χ2n) is 4.98. The molecule has 0 unspecified atom stereocenters. The van der Waals surface area contributed by atoms with E-state index in [2.05, 4.69) is 22.2 Å². The van der Waals surface area contributed by atoms with Crippen LogP contribution in [-0.4, -0.2) is 14.6 Å². The molecule has 4 aromatic rings. The maximum Gasteiger partial charge on any atom is 0.123 e. The van der Waals surface area contributed by atoms with Gasteiger partial charge in [-0.3, -0.25) is 0 Å². The lowest BCUT2D eigenvalue weighted by molar-refractivity contribution is 0.627. The molecule has 1 aromatic carbocycles. The predicted octanol–water partition coefficient (Wildman–Crippen LogP) is 4.89. The van der Waals surface area contributed by atoms with Gasteiger partial charge in [0.05, 0.1) is 10.4 Å². The summed E-state index contributed by atoms with van der Waals surface area (Å²) >= 11 is 3.30. The molecule has 0 aliphatic carbocycles. The lowest BCUT2D eigenvalue weighted by Gasteiger charge is -2.03. The Labute approximate surface area is 140 Å². The molecule has 0 atom stereocenters. The molecule has 0 radical (unpaired) electrons. The third-order valence-electron chi connectivity index (χ3n) is 3.42. The zero-order chi connectivity index (χ0) is 15.6. The van der Waals surface area contributed by atoms with Crippen LogP contribution in [0.5, 0.6) is 0 Å². The molecule has 0 spiro atoms. The Morgan fingerprint density at radius 2 is 2.04 bits per heavy atom. The molecule has 0 amide bonds. The van der Waals surface area contributed by atoms with Gasteiger partial charge in [0.1, 0.15) is 16.5 Å². The van der Waals surface area contributed by atoms with Gasteiger partial charge in [0.25, 0.3) is 0 Å². The monoisotopic (exact) mass is 341 g/mol. The maximum atomic E-state index is 13.0. The Morgan fingerprint density at radius 1 is 1.17 bits per heavy atom. The summed E-state index contributed by atoms with van der Waals surface area (Å²) in [6, 6.07) is 12.7. The van der Waals surface area contributed by atoms with Gasteiger partial charge in [-0.2, -0.15) is 5.10 Å². The second-order valence-corrected chi connectivity index (χ2v) is 6.90. The first-order valence-corrected chi connectivity index (χ1v) is 8.92. The van der Waals surface area contributed by atoms with E-state index in [1.807, 2.05) is 22.2 Å². The van der Waals surface area contributed by atoms with Crippen LogP contribution < -0.4 is 0 Å². The van der Waals surface area contributed by atoms with Crippen molar-refractivity contribution < 1.29 is 4.39 Å². The number of halogens is 1. The number of hydrogen-bond donors (Lipinski definition) is 0. The van der Waals surface area contributed by atoms with Crippen molar-refractivity contribution in [1.29, 1.82) is 0 Å². The Bertz CT molecular complexity index is 930. The lowest BCUT2D eigenvalue weighted by atomic mass is 10.2. The molecular formula is C17H12FN3S2. The fraction of sp³-hybridized carbons (Fsp3) is 0.0588. The summed E-state index contributed by atoms with van der Waals surface area (Å²) in [4.78, 5) is 5.61. The van der Waals surface area contributed by atoms with Crippen LogP contribution in [0.4, 0.5) is 4.39 Å². The van der Waals surface area contributed by atoms with Crippen LogP contribution in [0, 0.1) is 5.82 Å². The quantitative estimate of drug-likeness (QED) is 0.495. The van der Waals surface area contributed by atoms with Gasteiger partial charge in [0, 0.05) is 18.1 Å². The standard InChI is InChI=1S/C17H12FN3S2/c18-13-5-3-12(4-6-13)11-23-17-15-10-14(16-2-1-9-22-16)20-21(15)8-7-19-17/h1-10H,11H2. The van der Waals surface area contributed by atoms with E-state index < -0.39 is 0 Å². The number of thioether (sulfide) groups is 1. The average molecular weight is 341 g/mol. The van der Waals surface area contributed by atoms with E-state index in [9.17, 15) is 4.39 Å². The smallest absolute Gasteiger partial charge is 0.123 e. The van der Waals surface area contributed by atoms with E-state index in [0.717, 1.165) is 32.4 Å². The van der Waals surface area contributed by atoms with Gasteiger partial charge in [-0.1, -0.05) is 30.0 Å². The lowest BCUT2D eigenvalue weighted by Crippen LogP contribution is -1.91. The van der Waals surface area contributed by atoms with Crippen molar-refractivity contribution >= 4 is 28.6 Å². The number of benzene rings is 1. The van der Waals surface area contributed by atoms with Crippen LogP contribution in [0.2, 0.25) is 0 Å². The van der Waals surface area contributed by atoms with Crippen molar-refractivity contribution in [3.05, 3.63) is 71.6 Å². The second kappa shape index (κ2) is 6.14. The van der Waals surface area contributed by atoms with E-state index in [4.69, 9.17) is 0 Å². The summed E-state index contributed by atoms with van der Waals surface area (Å²) in [5.41, 5.74) is 3.01.